The Hall–Kier alpha value is -4.00. The average Bonchev–Trinajstić information content (AvgIpc) is 2.75. The molecule has 3 aromatic rings. The molecular formula is C23H20N2O5. The normalized spacial score (nSPS) is 11.4. The van der Waals surface area contributed by atoms with Gasteiger partial charge in [0.2, 0.25) is 6.10 Å². The number of aryl methyl sites for hydroxylation is 2. The topological polar surface area (TPSA) is 98.5 Å². The van der Waals surface area contributed by atoms with E-state index in [0.29, 0.717) is 17.5 Å². The summed E-state index contributed by atoms with van der Waals surface area (Å²) in [6.45, 7) is 3.79. The van der Waals surface area contributed by atoms with Crippen molar-refractivity contribution < 1.29 is 19.2 Å². The number of amides is 1. The van der Waals surface area contributed by atoms with Crippen molar-refractivity contribution >= 4 is 23.6 Å². The van der Waals surface area contributed by atoms with Crippen LogP contribution >= 0.6 is 0 Å². The Morgan fingerprint density at radius 2 is 1.80 bits per heavy atom. The Labute approximate surface area is 173 Å². The van der Waals surface area contributed by atoms with E-state index >= 15 is 0 Å². The van der Waals surface area contributed by atoms with Crippen molar-refractivity contribution in [1.29, 1.82) is 0 Å². The maximum Gasteiger partial charge on any atom is 0.311 e. The molecule has 0 aromatic heterocycles. The second-order valence-electron chi connectivity index (χ2n) is 6.82. The standard InChI is InChI=1S/C23H20N2O5/c1-15-8-9-16(2)19(12-15)24-23(27)22(18-6-4-3-5-7-18)30-21-11-10-17(14-26)13-20(21)25(28)29/h3-14,22H,1-2H3,(H,24,27)/t22-/m1/s1. The van der Waals surface area contributed by atoms with Crippen LogP contribution in [0.3, 0.4) is 0 Å². The van der Waals surface area contributed by atoms with Gasteiger partial charge in [-0.25, -0.2) is 0 Å². The highest BCUT2D eigenvalue weighted by Crippen LogP contribution is 2.32. The molecule has 152 valence electrons. The third-order valence-electron chi connectivity index (χ3n) is 4.55. The predicted octanol–water partition coefficient (Wildman–Crippen LogP) is 4.78. The molecule has 0 spiro atoms. The number of benzene rings is 3. The lowest BCUT2D eigenvalue weighted by molar-refractivity contribution is -0.386. The average molecular weight is 404 g/mol. The smallest absolute Gasteiger partial charge is 0.311 e. The van der Waals surface area contributed by atoms with Crippen LogP contribution in [0.25, 0.3) is 0 Å². The number of anilines is 1. The number of carbonyl (C=O) groups is 2. The van der Waals surface area contributed by atoms with Crippen LogP contribution in [0.5, 0.6) is 5.75 Å². The zero-order chi connectivity index (χ0) is 21.7. The molecule has 30 heavy (non-hydrogen) atoms. The van der Waals surface area contributed by atoms with Crippen molar-refractivity contribution in [3.05, 3.63) is 99.1 Å². The summed E-state index contributed by atoms with van der Waals surface area (Å²) in [5.74, 6) is -0.570. The molecule has 0 bridgehead atoms. The molecule has 0 unspecified atom stereocenters. The molecule has 0 heterocycles. The number of nitro benzene ring substituents is 1. The molecule has 0 saturated heterocycles. The fraction of sp³-hybridized carbons (Fsp3) is 0.130. The Morgan fingerprint density at radius 1 is 1.07 bits per heavy atom. The van der Waals surface area contributed by atoms with E-state index < -0.39 is 16.9 Å². The lowest BCUT2D eigenvalue weighted by Gasteiger charge is -2.20. The molecule has 1 atom stereocenters. The molecule has 0 saturated carbocycles. The van der Waals surface area contributed by atoms with E-state index in [4.69, 9.17) is 4.74 Å². The number of rotatable bonds is 7. The Balaban J connectivity index is 1.98. The van der Waals surface area contributed by atoms with Gasteiger partial charge in [-0.2, -0.15) is 0 Å². The highest BCUT2D eigenvalue weighted by Gasteiger charge is 2.27. The monoisotopic (exact) mass is 404 g/mol. The van der Waals surface area contributed by atoms with Gasteiger partial charge in [-0.15, -0.1) is 0 Å². The number of nitro groups is 1. The fourth-order valence-corrected chi connectivity index (χ4v) is 2.95. The van der Waals surface area contributed by atoms with E-state index in [1.165, 1.54) is 12.1 Å². The summed E-state index contributed by atoms with van der Waals surface area (Å²) in [6, 6.07) is 18.2. The van der Waals surface area contributed by atoms with Crippen LogP contribution in [0.4, 0.5) is 11.4 Å². The quantitative estimate of drug-likeness (QED) is 0.347. The summed E-state index contributed by atoms with van der Waals surface area (Å²) in [4.78, 5) is 34.9. The first-order valence-corrected chi connectivity index (χ1v) is 9.22. The Morgan fingerprint density at radius 3 is 2.47 bits per heavy atom. The summed E-state index contributed by atoms with van der Waals surface area (Å²) >= 11 is 0. The van der Waals surface area contributed by atoms with Gasteiger partial charge >= 0.3 is 5.69 Å². The molecule has 3 aromatic carbocycles. The largest absolute Gasteiger partial charge is 0.469 e. The van der Waals surface area contributed by atoms with Crippen molar-refractivity contribution in [1.82, 2.24) is 0 Å². The first-order valence-electron chi connectivity index (χ1n) is 9.22. The molecule has 0 aliphatic carbocycles. The molecule has 7 heteroatoms. The number of ether oxygens (including phenoxy) is 1. The molecule has 0 radical (unpaired) electrons. The minimum atomic E-state index is -1.13. The highest BCUT2D eigenvalue weighted by atomic mass is 16.6. The highest BCUT2D eigenvalue weighted by molar-refractivity contribution is 5.96. The molecule has 1 amide bonds. The van der Waals surface area contributed by atoms with Crippen LogP contribution in [-0.4, -0.2) is 17.1 Å². The maximum absolute atomic E-state index is 13.1. The van der Waals surface area contributed by atoms with Crippen molar-refractivity contribution in [3.8, 4) is 5.75 Å². The van der Waals surface area contributed by atoms with Crippen molar-refractivity contribution in [2.75, 3.05) is 5.32 Å². The number of nitrogens with one attached hydrogen (secondary N) is 1. The summed E-state index contributed by atoms with van der Waals surface area (Å²) in [5, 5.41) is 14.3. The van der Waals surface area contributed by atoms with Crippen LogP contribution in [0.2, 0.25) is 0 Å². The van der Waals surface area contributed by atoms with E-state index in [2.05, 4.69) is 5.32 Å². The molecular weight excluding hydrogens is 384 g/mol. The van der Waals surface area contributed by atoms with Gasteiger partial charge in [0.25, 0.3) is 5.91 Å². The number of nitrogens with zero attached hydrogens (tertiary/aromatic N) is 1. The number of aldehydes is 1. The Bertz CT molecular complexity index is 1100. The summed E-state index contributed by atoms with van der Waals surface area (Å²) in [5.41, 5.74) is 2.78. The van der Waals surface area contributed by atoms with Gasteiger partial charge in [-0.3, -0.25) is 19.7 Å². The van der Waals surface area contributed by atoms with E-state index in [9.17, 15) is 19.7 Å². The van der Waals surface area contributed by atoms with Crippen LogP contribution in [0.1, 0.15) is 33.2 Å². The van der Waals surface area contributed by atoms with Crippen molar-refractivity contribution in [3.63, 3.8) is 0 Å². The van der Waals surface area contributed by atoms with Crippen LogP contribution in [0.15, 0.2) is 66.7 Å². The van der Waals surface area contributed by atoms with Crippen LogP contribution in [-0.2, 0) is 4.79 Å². The van der Waals surface area contributed by atoms with E-state index in [0.717, 1.165) is 17.2 Å². The van der Waals surface area contributed by atoms with Crippen LogP contribution in [0, 0.1) is 24.0 Å². The molecule has 1 N–H and O–H groups in total. The second kappa shape index (κ2) is 9.00. The minimum absolute atomic E-state index is 0.101. The first-order chi connectivity index (χ1) is 14.4. The van der Waals surface area contributed by atoms with Crippen molar-refractivity contribution in [2.45, 2.75) is 20.0 Å². The van der Waals surface area contributed by atoms with Gasteiger partial charge in [0.05, 0.1) is 4.92 Å². The third kappa shape index (κ3) is 4.70. The molecule has 7 nitrogen and oxygen atoms in total. The summed E-state index contributed by atoms with van der Waals surface area (Å²) in [6.07, 6.45) is -0.620. The zero-order valence-electron chi connectivity index (χ0n) is 16.5. The molecule has 0 aliphatic rings. The second-order valence-corrected chi connectivity index (χ2v) is 6.82. The summed E-state index contributed by atoms with van der Waals surface area (Å²) < 4.78 is 5.83. The van der Waals surface area contributed by atoms with E-state index in [-0.39, 0.29) is 17.0 Å². The van der Waals surface area contributed by atoms with Gasteiger partial charge in [-0.05, 0) is 43.2 Å². The third-order valence-corrected chi connectivity index (χ3v) is 4.55. The lowest BCUT2D eigenvalue weighted by Crippen LogP contribution is -2.26. The number of carbonyl (C=O) groups excluding carboxylic acids is 2. The lowest BCUT2D eigenvalue weighted by atomic mass is 10.1. The van der Waals surface area contributed by atoms with Crippen LogP contribution < -0.4 is 10.1 Å². The molecule has 3 rings (SSSR count). The molecule has 0 fully saturated rings. The minimum Gasteiger partial charge on any atom is -0.469 e. The van der Waals surface area contributed by atoms with Gasteiger partial charge in [0, 0.05) is 22.9 Å². The van der Waals surface area contributed by atoms with Gasteiger partial charge in [0.1, 0.15) is 6.29 Å². The maximum atomic E-state index is 13.1. The number of hydrogen-bond acceptors (Lipinski definition) is 5. The zero-order valence-corrected chi connectivity index (χ0v) is 16.5. The summed E-state index contributed by atoms with van der Waals surface area (Å²) in [7, 11) is 0. The van der Waals surface area contributed by atoms with E-state index in [1.807, 2.05) is 32.0 Å². The van der Waals surface area contributed by atoms with Gasteiger partial charge in [0.15, 0.2) is 5.75 Å². The van der Waals surface area contributed by atoms with Gasteiger partial charge in [-0.1, -0.05) is 42.5 Å². The first kappa shape index (κ1) is 20.7. The number of hydrogen-bond donors (Lipinski definition) is 1. The fourth-order valence-electron chi connectivity index (χ4n) is 2.95. The van der Waals surface area contributed by atoms with E-state index in [1.54, 1.807) is 30.3 Å². The predicted molar refractivity (Wildman–Crippen MR) is 113 cm³/mol. The van der Waals surface area contributed by atoms with Gasteiger partial charge < -0.3 is 10.1 Å². The molecule has 0 aliphatic heterocycles. The Kier molecular flexibility index (Phi) is 6.22. The van der Waals surface area contributed by atoms with Crippen molar-refractivity contribution in [2.24, 2.45) is 0 Å². The SMILES string of the molecule is Cc1ccc(C)c(NC(=O)[C@H](Oc2ccc(C=O)cc2[N+](=O)[O-])c2ccccc2)c1.